The highest BCUT2D eigenvalue weighted by Crippen LogP contribution is 2.38. The zero-order valence-electron chi connectivity index (χ0n) is 15.0. The number of carboxylic acid groups (broad SMARTS) is 1. The van der Waals surface area contributed by atoms with Crippen molar-refractivity contribution in [3.8, 4) is 0 Å². The highest BCUT2D eigenvalue weighted by atomic mass is 16.4. The van der Waals surface area contributed by atoms with Crippen LogP contribution in [0.25, 0.3) is 11.2 Å². The Hall–Kier alpha value is -3.11. The van der Waals surface area contributed by atoms with E-state index in [1.54, 1.807) is 11.6 Å². The molecule has 1 atom stereocenters. The van der Waals surface area contributed by atoms with Crippen LogP contribution in [-0.2, 0) is 23.7 Å². The van der Waals surface area contributed by atoms with Crippen LogP contribution in [0.1, 0.15) is 19.3 Å². The summed E-state index contributed by atoms with van der Waals surface area (Å²) in [6.07, 6.45) is 0.932. The minimum absolute atomic E-state index is 0.000881. The Morgan fingerprint density at radius 2 is 1.85 bits per heavy atom. The molecule has 11 heteroatoms. The molecular formula is C16H20N6O5. The summed E-state index contributed by atoms with van der Waals surface area (Å²) in [5.74, 6) is -1.41. The molecule has 0 aliphatic carbocycles. The fraction of sp³-hybridized carbons (Fsp3) is 0.562. The molecule has 11 nitrogen and oxygen atoms in total. The third-order valence-electron chi connectivity index (χ3n) is 5.79. The molecule has 2 aliphatic heterocycles. The first-order chi connectivity index (χ1) is 12.7. The van der Waals surface area contributed by atoms with E-state index in [2.05, 4.69) is 15.3 Å². The Kier molecular flexibility index (Phi) is 3.65. The maximum Gasteiger partial charge on any atom is 0.329 e. The number of fused-ring (bicyclic) bond motifs is 1. The molecule has 0 unspecified atom stereocenters. The molecular weight excluding hydrogens is 356 g/mol. The Morgan fingerprint density at radius 1 is 1.19 bits per heavy atom. The van der Waals surface area contributed by atoms with Crippen LogP contribution in [0.3, 0.4) is 0 Å². The van der Waals surface area contributed by atoms with Gasteiger partial charge in [0.05, 0.1) is 11.5 Å². The van der Waals surface area contributed by atoms with E-state index in [0.717, 1.165) is 0 Å². The number of aromatic amines is 1. The standard InChI is InChI=1S/C16H20N6O5/c1-20-10-11(21(2)15(27)18-12(10)24)17-14(20)22-5-3-16(4-6-22)8(13(25)26)7-9(23)19-16/h8H,3-7H2,1-2H3,(H,19,23)(H,25,26)(H,18,24,27)/t8-/m1/s1. The van der Waals surface area contributed by atoms with Crippen molar-refractivity contribution in [2.75, 3.05) is 18.0 Å². The van der Waals surface area contributed by atoms with E-state index < -0.39 is 28.7 Å². The number of amides is 1. The Labute approximate surface area is 152 Å². The fourth-order valence-electron chi connectivity index (χ4n) is 4.28. The van der Waals surface area contributed by atoms with E-state index in [1.807, 2.05) is 4.90 Å². The number of aryl methyl sites for hydroxylation is 2. The van der Waals surface area contributed by atoms with Gasteiger partial charge in [-0.2, -0.15) is 4.98 Å². The molecule has 0 aromatic carbocycles. The zero-order valence-corrected chi connectivity index (χ0v) is 15.0. The minimum Gasteiger partial charge on any atom is -0.481 e. The molecule has 27 heavy (non-hydrogen) atoms. The first kappa shape index (κ1) is 17.3. The van der Waals surface area contributed by atoms with Crippen LogP contribution in [0.5, 0.6) is 0 Å². The van der Waals surface area contributed by atoms with Crippen LogP contribution in [0.4, 0.5) is 5.95 Å². The van der Waals surface area contributed by atoms with Crippen molar-refractivity contribution in [1.82, 2.24) is 24.4 Å². The van der Waals surface area contributed by atoms with Gasteiger partial charge < -0.3 is 19.9 Å². The van der Waals surface area contributed by atoms with Crippen molar-refractivity contribution >= 4 is 29.0 Å². The highest BCUT2D eigenvalue weighted by Gasteiger charge is 2.51. The summed E-state index contributed by atoms with van der Waals surface area (Å²) in [7, 11) is 3.24. The number of carbonyl (C=O) groups excluding carboxylic acids is 1. The van der Waals surface area contributed by atoms with Crippen molar-refractivity contribution in [3.05, 3.63) is 20.8 Å². The lowest BCUT2D eigenvalue weighted by atomic mass is 9.78. The molecule has 0 saturated carbocycles. The van der Waals surface area contributed by atoms with Gasteiger partial charge in [-0.25, -0.2) is 4.79 Å². The fourth-order valence-corrected chi connectivity index (χ4v) is 4.28. The molecule has 4 rings (SSSR count). The van der Waals surface area contributed by atoms with Gasteiger partial charge in [0.25, 0.3) is 5.56 Å². The van der Waals surface area contributed by atoms with Gasteiger partial charge in [0.1, 0.15) is 0 Å². The molecule has 144 valence electrons. The first-order valence-electron chi connectivity index (χ1n) is 8.68. The monoisotopic (exact) mass is 376 g/mol. The van der Waals surface area contributed by atoms with E-state index in [4.69, 9.17) is 0 Å². The number of rotatable bonds is 2. The summed E-state index contributed by atoms with van der Waals surface area (Å²) in [4.78, 5) is 56.0. The molecule has 1 spiro atoms. The van der Waals surface area contributed by atoms with Crippen molar-refractivity contribution in [1.29, 1.82) is 0 Å². The summed E-state index contributed by atoms with van der Waals surface area (Å²) in [6.45, 7) is 0.958. The maximum atomic E-state index is 12.2. The van der Waals surface area contributed by atoms with Gasteiger partial charge in [0.2, 0.25) is 11.9 Å². The number of hydrogen-bond donors (Lipinski definition) is 3. The number of carbonyl (C=O) groups is 2. The van der Waals surface area contributed by atoms with Crippen LogP contribution in [0, 0.1) is 5.92 Å². The molecule has 2 aromatic heterocycles. The first-order valence-corrected chi connectivity index (χ1v) is 8.68. The third-order valence-corrected chi connectivity index (χ3v) is 5.79. The predicted molar refractivity (Wildman–Crippen MR) is 94.6 cm³/mol. The van der Waals surface area contributed by atoms with E-state index in [0.29, 0.717) is 43.0 Å². The third kappa shape index (κ3) is 2.45. The average Bonchev–Trinajstić information content (AvgIpc) is 3.12. The van der Waals surface area contributed by atoms with Gasteiger partial charge in [0, 0.05) is 33.6 Å². The molecule has 0 radical (unpaired) electrons. The number of nitrogens with one attached hydrogen (secondary N) is 2. The highest BCUT2D eigenvalue weighted by molar-refractivity contribution is 5.88. The summed E-state index contributed by atoms with van der Waals surface area (Å²) in [6, 6.07) is 0. The zero-order chi connectivity index (χ0) is 19.5. The van der Waals surface area contributed by atoms with Gasteiger partial charge in [-0.05, 0) is 12.8 Å². The Morgan fingerprint density at radius 3 is 2.48 bits per heavy atom. The van der Waals surface area contributed by atoms with Gasteiger partial charge in [-0.15, -0.1) is 0 Å². The predicted octanol–water partition coefficient (Wildman–Crippen LogP) is -1.48. The van der Waals surface area contributed by atoms with E-state index >= 15 is 0 Å². The van der Waals surface area contributed by atoms with Crippen molar-refractivity contribution in [3.63, 3.8) is 0 Å². The summed E-state index contributed by atoms with van der Waals surface area (Å²) < 4.78 is 2.91. The largest absolute Gasteiger partial charge is 0.481 e. The minimum atomic E-state index is -0.967. The normalized spacial score (nSPS) is 21.8. The van der Waals surface area contributed by atoms with Crippen LogP contribution in [-0.4, -0.2) is 54.7 Å². The lowest BCUT2D eigenvalue weighted by molar-refractivity contribution is -0.144. The lowest BCUT2D eigenvalue weighted by Gasteiger charge is -2.41. The van der Waals surface area contributed by atoms with E-state index in [9.17, 15) is 24.3 Å². The second kappa shape index (κ2) is 5.69. The number of aliphatic carboxylic acids is 1. The summed E-state index contributed by atoms with van der Waals surface area (Å²) in [5.41, 5.74) is -1.19. The number of carboxylic acids is 1. The second-order valence-corrected chi connectivity index (χ2v) is 7.25. The molecule has 2 saturated heterocycles. The number of hydrogen-bond acceptors (Lipinski definition) is 6. The van der Waals surface area contributed by atoms with Crippen LogP contribution in [0.15, 0.2) is 9.59 Å². The van der Waals surface area contributed by atoms with Crippen LogP contribution >= 0.6 is 0 Å². The van der Waals surface area contributed by atoms with E-state index in [-0.39, 0.29) is 12.3 Å². The van der Waals surface area contributed by atoms with Crippen molar-refractivity contribution in [2.24, 2.45) is 20.0 Å². The topological polar surface area (TPSA) is 142 Å². The Balaban J connectivity index is 1.67. The second-order valence-electron chi connectivity index (χ2n) is 7.25. The number of H-pyrrole nitrogens is 1. The number of piperidine rings is 1. The molecule has 1 amide bonds. The number of aromatic nitrogens is 4. The van der Waals surface area contributed by atoms with E-state index in [1.165, 1.54) is 11.6 Å². The van der Waals surface area contributed by atoms with Crippen LogP contribution in [0.2, 0.25) is 0 Å². The number of imidazole rings is 1. The van der Waals surface area contributed by atoms with Gasteiger partial charge >= 0.3 is 11.7 Å². The SMILES string of the molecule is Cn1c(N2CCC3(CC2)NC(=O)C[C@@H]3C(=O)O)nc2c1c(=O)[nH]c(=O)n2C. The van der Waals surface area contributed by atoms with Gasteiger partial charge in [0.15, 0.2) is 11.2 Å². The van der Waals surface area contributed by atoms with Gasteiger partial charge in [-0.1, -0.05) is 0 Å². The molecule has 2 fully saturated rings. The quantitative estimate of drug-likeness (QED) is 0.580. The van der Waals surface area contributed by atoms with Crippen molar-refractivity contribution in [2.45, 2.75) is 24.8 Å². The molecule has 4 heterocycles. The summed E-state index contributed by atoms with van der Waals surface area (Å²) >= 11 is 0. The molecule has 2 aromatic rings. The van der Waals surface area contributed by atoms with Crippen molar-refractivity contribution < 1.29 is 14.7 Å². The number of anilines is 1. The molecule has 0 bridgehead atoms. The Bertz CT molecular complexity index is 1070. The smallest absolute Gasteiger partial charge is 0.329 e. The average molecular weight is 376 g/mol. The molecule has 2 aliphatic rings. The molecule has 3 N–H and O–H groups in total. The lowest BCUT2D eigenvalue weighted by Crippen LogP contribution is -2.56. The number of nitrogens with zero attached hydrogens (tertiary/aromatic N) is 4. The van der Waals surface area contributed by atoms with Crippen LogP contribution < -0.4 is 21.5 Å². The summed E-state index contributed by atoms with van der Waals surface area (Å²) in [5, 5.41) is 12.3. The maximum absolute atomic E-state index is 12.2. The van der Waals surface area contributed by atoms with Gasteiger partial charge in [-0.3, -0.25) is 23.9 Å².